The van der Waals surface area contributed by atoms with Crippen LogP contribution in [0.15, 0.2) is 18.7 Å². The molecule has 0 unspecified atom stereocenters. The molecule has 124 valence electrons. The van der Waals surface area contributed by atoms with Crippen LogP contribution < -0.4 is 0 Å². The number of aromatic nitrogens is 2. The van der Waals surface area contributed by atoms with E-state index in [0.717, 1.165) is 0 Å². The van der Waals surface area contributed by atoms with Crippen LogP contribution in [0.1, 0.15) is 19.8 Å². The summed E-state index contributed by atoms with van der Waals surface area (Å²) in [5, 5.41) is 0. The zero-order valence-electron chi connectivity index (χ0n) is 12.2. The number of aryl methyl sites for hydroxylation is 1. The number of imidazole rings is 1. The number of ether oxygens (including phenoxy) is 1. The lowest BCUT2D eigenvalue weighted by atomic mass is 10.3. The topological polar surface area (TPSA) is 64.4 Å². The highest BCUT2D eigenvalue weighted by molar-refractivity contribution is 5.82. The van der Waals surface area contributed by atoms with Gasteiger partial charge in [-0.15, -0.1) is 0 Å². The van der Waals surface area contributed by atoms with Crippen LogP contribution in [0.3, 0.4) is 0 Å². The Balaban J connectivity index is 2.53. The van der Waals surface area contributed by atoms with Crippen molar-refractivity contribution in [3.8, 4) is 0 Å². The van der Waals surface area contributed by atoms with E-state index in [-0.39, 0.29) is 26.1 Å². The van der Waals surface area contributed by atoms with Gasteiger partial charge in [0.25, 0.3) is 0 Å². The van der Waals surface area contributed by atoms with Gasteiger partial charge in [-0.2, -0.15) is 13.2 Å². The van der Waals surface area contributed by atoms with Gasteiger partial charge in [0, 0.05) is 32.0 Å². The molecule has 1 aromatic heterocycles. The van der Waals surface area contributed by atoms with Crippen molar-refractivity contribution < 1.29 is 27.5 Å². The maximum Gasteiger partial charge on any atom is 0.471 e. The lowest BCUT2D eigenvalue weighted by Crippen LogP contribution is -2.43. The van der Waals surface area contributed by atoms with Crippen LogP contribution in [0.25, 0.3) is 0 Å². The smallest absolute Gasteiger partial charge is 0.466 e. The van der Waals surface area contributed by atoms with Crippen LogP contribution >= 0.6 is 0 Å². The monoisotopic (exact) mass is 321 g/mol. The molecule has 0 aliphatic heterocycles. The molecule has 0 radical (unpaired) electrons. The van der Waals surface area contributed by atoms with E-state index in [9.17, 15) is 22.8 Å². The van der Waals surface area contributed by atoms with E-state index in [4.69, 9.17) is 0 Å². The molecular formula is C13H18F3N3O3. The van der Waals surface area contributed by atoms with Gasteiger partial charge in [0.15, 0.2) is 0 Å². The van der Waals surface area contributed by atoms with Gasteiger partial charge >= 0.3 is 18.1 Å². The summed E-state index contributed by atoms with van der Waals surface area (Å²) in [5.41, 5.74) is 0. The fraction of sp³-hybridized carbons (Fsp3) is 0.615. The van der Waals surface area contributed by atoms with Gasteiger partial charge < -0.3 is 14.2 Å². The molecule has 0 atom stereocenters. The Bertz CT molecular complexity index is 475. The van der Waals surface area contributed by atoms with Crippen molar-refractivity contribution in [2.24, 2.45) is 0 Å². The molecule has 1 heterocycles. The van der Waals surface area contributed by atoms with Crippen LogP contribution in [-0.2, 0) is 20.9 Å². The number of alkyl halides is 3. The minimum atomic E-state index is -4.95. The van der Waals surface area contributed by atoms with Crippen LogP contribution in [0.4, 0.5) is 13.2 Å². The third kappa shape index (κ3) is 6.15. The summed E-state index contributed by atoms with van der Waals surface area (Å²) in [7, 11) is 0. The van der Waals surface area contributed by atoms with Crippen molar-refractivity contribution >= 4 is 11.9 Å². The quantitative estimate of drug-likeness (QED) is 0.683. The SMILES string of the molecule is CCOC(=O)CCN(CCCn1ccnc1)C(=O)C(F)(F)F. The first-order valence-electron chi connectivity index (χ1n) is 6.82. The van der Waals surface area contributed by atoms with Gasteiger partial charge in [0.1, 0.15) is 0 Å². The average Bonchev–Trinajstić information content (AvgIpc) is 2.94. The normalized spacial score (nSPS) is 11.3. The molecule has 0 fully saturated rings. The number of amides is 1. The molecule has 9 heteroatoms. The molecule has 0 saturated heterocycles. The maximum atomic E-state index is 12.5. The molecule has 1 aromatic rings. The molecule has 22 heavy (non-hydrogen) atoms. The molecular weight excluding hydrogens is 303 g/mol. The van der Waals surface area contributed by atoms with Gasteiger partial charge in [-0.05, 0) is 13.3 Å². The third-order valence-electron chi connectivity index (χ3n) is 2.82. The van der Waals surface area contributed by atoms with Gasteiger partial charge in [0.05, 0.1) is 19.4 Å². The van der Waals surface area contributed by atoms with Crippen molar-refractivity contribution in [2.75, 3.05) is 19.7 Å². The minimum Gasteiger partial charge on any atom is -0.466 e. The lowest BCUT2D eigenvalue weighted by Gasteiger charge is -2.23. The standard InChI is InChI=1S/C13H18F3N3O3/c1-2-22-11(20)4-8-19(12(21)13(14,15)16)7-3-6-18-9-5-17-10-18/h5,9-10H,2-4,6-8H2,1H3. The number of carbonyl (C=O) groups excluding carboxylic acids is 2. The third-order valence-corrected chi connectivity index (χ3v) is 2.82. The summed E-state index contributed by atoms with van der Waals surface area (Å²) in [6, 6.07) is 0. The van der Waals surface area contributed by atoms with E-state index in [2.05, 4.69) is 9.72 Å². The molecule has 6 nitrogen and oxygen atoms in total. The zero-order valence-corrected chi connectivity index (χ0v) is 12.2. The summed E-state index contributed by atoms with van der Waals surface area (Å²) in [5.74, 6) is -2.57. The summed E-state index contributed by atoms with van der Waals surface area (Å²) in [6.07, 6.45) is -0.131. The molecule has 1 rings (SSSR count). The molecule has 0 aromatic carbocycles. The van der Waals surface area contributed by atoms with Crippen molar-refractivity contribution in [3.63, 3.8) is 0 Å². The van der Waals surface area contributed by atoms with Gasteiger partial charge in [-0.25, -0.2) is 4.98 Å². The predicted molar refractivity (Wildman–Crippen MR) is 70.7 cm³/mol. The Morgan fingerprint density at radius 2 is 2.05 bits per heavy atom. The maximum absolute atomic E-state index is 12.5. The molecule has 0 aliphatic carbocycles. The van der Waals surface area contributed by atoms with Gasteiger partial charge in [-0.3, -0.25) is 9.59 Å². The second-order valence-electron chi connectivity index (χ2n) is 4.50. The average molecular weight is 321 g/mol. The molecule has 1 amide bonds. The number of rotatable bonds is 8. The highest BCUT2D eigenvalue weighted by Crippen LogP contribution is 2.19. The first-order chi connectivity index (χ1) is 10.3. The van der Waals surface area contributed by atoms with Gasteiger partial charge in [-0.1, -0.05) is 0 Å². The van der Waals surface area contributed by atoms with Crippen LogP contribution in [0, 0.1) is 0 Å². The first kappa shape index (κ1) is 18.0. The number of nitrogens with zero attached hydrogens (tertiary/aromatic N) is 3. The predicted octanol–water partition coefficient (Wildman–Crippen LogP) is 1.62. The Hall–Kier alpha value is -2.06. The largest absolute Gasteiger partial charge is 0.471 e. The number of esters is 1. The van der Waals surface area contributed by atoms with Crippen LogP contribution in [-0.4, -0.2) is 52.2 Å². The highest BCUT2D eigenvalue weighted by Gasteiger charge is 2.42. The molecule has 0 saturated carbocycles. The fourth-order valence-corrected chi connectivity index (χ4v) is 1.82. The summed E-state index contributed by atoms with van der Waals surface area (Å²) >= 11 is 0. The first-order valence-corrected chi connectivity index (χ1v) is 6.82. The number of carbonyl (C=O) groups is 2. The Morgan fingerprint density at radius 3 is 2.59 bits per heavy atom. The number of halogens is 3. The molecule has 0 bridgehead atoms. The van der Waals surface area contributed by atoms with Crippen molar-refractivity contribution in [2.45, 2.75) is 32.5 Å². The Morgan fingerprint density at radius 1 is 1.32 bits per heavy atom. The van der Waals surface area contributed by atoms with E-state index in [1.165, 1.54) is 6.33 Å². The molecule has 0 N–H and O–H groups in total. The van der Waals surface area contributed by atoms with Crippen molar-refractivity contribution in [1.82, 2.24) is 14.5 Å². The Labute approximate surface area is 125 Å². The van der Waals surface area contributed by atoms with Crippen molar-refractivity contribution in [3.05, 3.63) is 18.7 Å². The summed E-state index contributed by atoms with van der Waals surface area (Å²) in [4.78, 5) is 27.0. The summed E-state index contributed by atoms with van der Waals surface area (Å²) in [6.45, 7) is 1.76. The van der Waals surface area contributed by atoms with E-state index in [0.29, 0.717) is 17.9 Å². The number of hydrogen-bond acceptors (Lipinski definition) is 4. The van der Waals surface area contributed by atoms with E-state index in [1.807, 2.05) is 0 Å². The molecule has 0 spiro atoms. The van der Waals surface area contributed by atoms with E-state index < -0.39 is 18.1 Å². The Kier molecular flexibility index (Phi) is 6.87. The second kappa shape index (κ2) is 8.40. The van der Waals surface area contributed by atoms with E-state index in [1.54, 1.807) is 23.9 Å². The zero-order chi connectivity index (χ0) is 16.6. The molecule has 0 aliphatic rings. The van der Waals surface area contributed by atoms with Crippen LogP contribution in [0.2, 0.25) is 0 Å². The van der Waals surface area contributed by atoms with E-state index >= 15 is 0 Å². The highest BCUT2D eigenvalue weighted by atomic mass is 19.4. The number of hydrogen-bond donors (Lipinski definition) is 0. The lowest BCUT2D eigenvalue weighted by molar-refractivity contribution is -0.185. The van der Waals surface area contributed by atoms with Crippen molar-refractivity contribution in [1.29, 1.82) is 0 Å². The fourth-order valence-electron chi connectivity index (χ4n) is 1.82. The summed E-state index contributed by atoms with van der Waals surface area (Å²) < 4.78 is 44.0. The minimum absolute atomic E-state index is 0.101. The second-order valence-corrected chi connectivity index (χ2v) is 4.50. The van der Waals surface area contributed by atoms with Gasteiger partial charge in [0.2, 0.25) is 0 Å². The van der Waals surface area contributed by atoms with Crippen LogP contribution in [0.5, 0.6) is 0 Å².